The quantitative estimate of drug-likeness (QED) is 0.612. The number of benzene rings is 1. The second-order valence-electron chi connectivity index (χ2n) is 7.92. The Morgan fingerprint density at radius 1 is 1.03 bits per heavy atom. The van der Waals surface area contributed by atoms with Crippen molar-refractivity contribution < 1.29 is 33.0 Å². The van der Waals surface area contributed by atoms with Crippen LogP contribution in [-0.2, 0) is 20.9 Å². The Morgan fingerprint density at radius 3 is 2.26 bits per heavy atom. The van der Waals surface area contributed by atoms with Gasteiger partial charge in [0.15, 0.2) is 18.1 Å². The summed E-state index contributed by atoms with van der Waals surface area (Å²) in [5.41, 5.74) is 0.582. The number of carbonyl (C=O) groups excluding carboxylic acids is 2. The molecule has 1 aromatic heterocycles. The molecule has 0 aliphatic heterocycles. The van der Waals surface area contributed by atoms with E-state index < -0.39 is 0 Å². The van der Waals surface area contributed by atoms with Crippen molar-refractivity contribution in [1.82, 2.24) is 10.2 Å². The van der Waals surface area contributed by atoms with Crippen molar-refractivity contribution in [2.24, 2.45) is 17.8 Å². The topological polar surface area (TPSA) is 110 Å². The van der Waals surface area contributed by atoms with E-state index in [1.54, 1.807) is 12.1 Å². The highest BCUT2D eigenvalue weighted by Crippen LogP contribution is 2.42. The molecule has 0 N–H and O–H groups in total. The zero-order valence-electron chi connectivity index (χ0n) is 17.9. The third-order valence-electron chi connectivity index (χ3n) is 6.10. The summed E-state index contributed by atoms with van der Waals surface area (Å²) in [6, 6.07) is 3.39. The van der Waals surface area contributed by atoms with Gasteiger partial charge in [-0.25, -0.2) is 0 Å². The lowest BCUT2D eigenvalue weighted by molar-refractivity contribution is -0.155. The number of Topliss-reactive ketones (excluding diaryl/α,β-unsaturated/α-hetero) is 1. The predicted molar refractivity (Wildman–Crippen MR) is 108 cm³/mol. The average molecular weight is 430 g/mol. The standard InChI is InChI=1S/C22H26N2O7/c1-27-16-9-14(10-17(28-2)20(16)29-3)21-24-23-18(31-21)11-30-22(26)15-7-12-5-4-6-13(8-15)19(12)25/h9-10,12-13,15H,4-8,11H2,1-3H3/t12-,13+,15?. The van der Waals surface area contributed by atoms with E-state index in [0.717, 1.165) is 19.3 Å². The van der Waals surface area contributed by atoms with Crippen molar-refractivity contribution in [3.05, 3.63) is 18.0 Å². The second kappa shape index (κ2) is 8.95. The number of carbonyl (C=O) groups is 2. The Morgan fingerprint density at radius 2 is 1.68 bits per heavy atom. The first-order valence-electron chi connectivity index (χ1n) is 10.4. The number of hydrogen-bond donors (Lipinski definition) is 0. The van der Waals surface area contributed by atoms with Crippen molar-refractivity contribution in [1.29, 1.82) is 0 Å². The Kier molecular flexibility index (Phi) is 6.11. The van der Waals surface area contributed by atoms with Crippen molar-refractivity contribution in [2.75, 3.05) is 21.3 Å². The molecule has 1 aromatic carbocycles. The summed E-state index contributed by atoms with van der Waals surface area (Å²) in [6.07, 6.45) is 3.97. The van der Waals surface area contributed by atoms with Crippen molar-refractivity contribution in [2.45, 2.75) is 38.7 Å². The summed E-state index contributed by atoms with van der Waals surface area (Å²) in [7, 11) is 4.56. The monoisotopic (exact) mass is 430 g/mol. The molecule has 166 valence electrons. The normalized spacial score (nSPS) is 22.7. The van der Waals surface area contributed by atoms with Gasteiger partial charge in [0, 0.05) is 17.4 Å². The van der Waals surface area contributed by atoms with E-state index in [2.05, 4.69) is 10.2 Å². The number of methoxy groups -OCH3 is 3. The zero-order valence-corrected chi connectivity index (χ0v) is 17.9. The molecule has 2 aliphatic carbocycles. The molecule has 2 saturated carbocycles. The molecule has 9 nitrogen and oxygen atoms in total. The molecule has 1 unspecified atom stereocenters. The lowest BCUT2D eigenvalue weighted by atomic mass is 9.67. The van der Waals surface area contributed by atoms with Crippen LogP contribution in [0.15, 0.2) is 16.5 Å². The molecule has 0 saturated heterocycles. The molecule has 0 spiro atoms. The van der Waals surface area contributed by atoms with Gasteiger partial charge in [0.1, 0.15) is 5.78 Å². The first kappa shape index (κ1) is 21.1. The van der Waals surface area contributed by atoms with Crippen LogP contribution >= 0.6 is 0 Å². The van der Waals surface area contributed by atoms with Gasteiger partial charge in [0.2, 0.25) is 11.6 Å². The smallest absolute Gasteiger partial charge is 0.309 e. The molecule has 9 heteroatoms. The molecule has 2 bridgehead atoms. The maximum atomic E-state index is 12.6. The Labute approximate surface area is 180 Å². The minimum Gasteiger partial charge on any atom is -0.493 e. The number of aromatic nitrogens is 2. The van der Waals surface area contributed by atoms with Crippen LogP contribution in [0.2, 0.25) is 0 Å². The van der Waals surface area contributed by atoms with Crippen LogP contribution in [0.5, 0.6) is 17.2 Å². The Hall–Kier alpha value is -3.10. The number of fused-ring (bicyclic) bond motifs is 2. The SMILES string of the molecule is COc1cc(-c2nnc(COC(=O)C3C[C@H]4CCC[C@@H](C3)C4=O)o2)cc(OC)c1OC. The Balaban J connectivity index is 1.42. The van der Waals surface area contributed by atoms with Crippen LogP contribution in [0.4, 0.5) is 0 Å². The van der Waals surface area contributed by atoms with Crippen LogP contribution in [0.3, 0.4) is 0 Å². The largest absolute Gasteiger partial charge is 0.493 e. The van der Waals surface area contributed by atoms with Gasteiger partial charge in [-0.15, -0.1) is 10.2 Å². The second-order valence-corrected chi connectivity index (χ2v) is 7.92. The highest BCUT2D eigenvalue weighted by molar-refractivity contribution is 5.87. The molecule has 2 aliphatic rings. The van der Waals surface area contributed by atoms with Crippen molar-refractivity contribution >= 4 is 11.8 Å². The van der Waals surface area contributed by atoms with Crippen LogP contribution in [0, 0.1) is 17.8 Å². The molecule has 0 radical (unpaired) electrons. The molecule has 4 rings (SSSR count). The third-order valence-corrected chi connectivity index (χ3v) is 6.10. The van der Waals surface area contributed by atoms with E-state index in [1.165, 1.54) is 21.3 Å². The van der Waals surface area contributed by atoms with Crippen LogP contribution in [0.1, 0.15) is 38.0 Å². The highest BCUT2D eigenvalue weighted by atomic mass is 16.5. The van der Waals surface area contributed by atoms with Gasteiger partial charge in [-0.05, 0) is 37.8 Å². The van der Waals surface area contributed by atoms with E-state index in [1.807, 2.05) is 0 Å². The fraction of sp³-hybridized carbons (Fsp3) is 0.545. The van der Waals surface area contributed by atoms with E-state index in [9.17, 15) is 9.59 Å². The van der Waals surface area contributed by atoms with Gasteiger partial charge >= 0.3 is 5.97 Å². The number of ketones is 1. The average Bonchev–Trinajstić information content (AvgIpc) is 3.25. The summed E-state index contributed by atoms with van der Waals surface area (Å²) in [6.45, 7) is -0.115. The minimum absolute atomic E-state index is 0.0000832. The number of ether oxygens (including phenoxy) is 4. The lowest BCUT2D eigenvalue weighted by Gasteiger charge is -2.36. The van der Waals surface area contributed by atoms with Gasteiger partial charge in [0.25, 0.3) is 5.89 Å². The predicted octanol–water partition coefficient (Wildman–Crippen LogP) is 3.20. The fourth-order valence-electron chi connectivity index (χ4n) is 4.56. The maximum absolute atomic E-state index is 12.6. The van der Waals surface area contributed by atoms with E-state index in [0.29, 0.717) is 41.4 Å². The van der Waals surface area contributed by atoms with Gasteiger partial charge in [0.05, 0.1) is 27.2 Å². The summed E-state index contributed by atoms with van der Waals surface area (Å²) < 4.78 is 27.1. The van der Waals surface area contributed by atoms with Crippen molar-refractivity contribution in [3.8, 4) is 28.7 Å². The zero-order chi connectivity index (χ0) is 22.0. The van der Waals surface area contributed by atoms with Crippen LogP contribution in [0.25, 0.3) is 11.5 Å². The summed E-state index contributed by atoms with van der Waals surface area (Å²) in [5, 5.41) is 8.01. The molecule has 3 atom stereocenters. The highest BCUT2D eigenvalue weighted by Gasteiger charge is 2.41. The third kappa shape index (κ3) is 4.22. The van der Waals surface area contributed by atoms with Gasteiger partial charge in [-0.2, -0.15) is 0 Å². The molecule has 0 amide bonds. The first-order valence-corrected chi connectivity index (χ1v) is 10.4. The summed E-state index contributed by atoms with van der Waals surface area (Å²) in [5.74, 6) is 1.57. The van der Waals surface area contributed by atoms with E-state index >= 15 is 0 Å². The molecular formula is C22H26N2O7. The molecule has 31 heavy (non-hydrogen) atoms. The number of nitrogens with zero attached hydrogens (tertiary/aromatic N) is 2. The van der Waals surface area contributed by atoms with Gasteiger partial charge in [-0.3, -0.25) is 9.59 Å². The Bertz CT molecular complexity index is 930. The minimum atomic E-state index is -0.308. The molecule has 2 fully saturated rings. The molecular weight excluding hydrogens is 404 g/mol. The number of hydrogen-bond acceptors (Lipinski definition) is 9. The first-order chi connectivity index (χ1) is 15.0. The van der Waals surface area contributed by atoms with Gasteiger partial charge < -0.3 is 23.4 Å². The fourth-order valence-corrected chi connectivity index (χ4v) is 4.56. The maximum Gasteiger partial charge on any atom is 0.309 e. The van der Waals surface area contributed by atoms with E-state index in [-0.39, 0.29) is 42.1 Å². The number of rotatable bonds is 7. The van der Waals surface area contributed by atoms with Crippen LogP contribution in [-0.4, -0.2) is 43.3 Å². The summed E-state index contributed by atoms with van der Waals surface area (Å²) in [4.78, 5) is 24.8. The lowest BCUT2D eigenvalue weighted by Crippen LogP contribution is -2.39. The molecule has 1 heterocycles. The number of esters is 1. The summed E-state index contributed by atoms with van der Waals surface area (Å²) >= 11 is 0. The van der Waals surface area contributed by atoms with E-state index in [4.69, 9.17) is 23.4 Å². The van der Waals surface area contributed by atoms with Crippen molar-refractivity contribution in [3.63, 3.8) is 0 Å². The van der Waals surface area contributed by atoms with Crippen LogP contribution < -0.4 is 14.2 Å². The molecule has 2 aromatic rings. The van der Waals surface area contributed by atoms with Gasteiger partial charge in [-0.1, -0.05) is 6.42 Å².